The van der Waals surface area contributed by atoms with Gasteiger partial charge >= 0.3 is 0 Å². The Morgan fingerprint density at radius 2 is 2.00 bits per heavy atom. The summed E-state index contributed by atoms with van der Waals surface area (Å²) in [5.41, 5.74) is 2.54. The molecule has 3 fully saturated rings. The molecule has 0 amide bonds. The van der Waals surface area contributed by atoms with Gasteiger partial charge in [-0.05, 0) is 64.3 Å². The summed E-state index contributed by atoms with van der Waals surface area (Å²) in [6, 6.07) is 10.4. The molecule has 31 heavy (non-hydrogen) atoms. The molecule has 1 aromatic carbocycles. The van der Waals surface area contributed by atoms with Gasteiger partial charge in [0.2, 0.25) is 0 Å². The van der Waals surface area contributed by atoms with Gasteiger partial charge in [0.15, 0.2) is 0 Å². The van der Waals surface area contributed by atoms with E-state index in [0.29, 0.717) is 19.8 Å². The second kappa shape index (κ2) is 11.6. The van der Waals surface area contributed by atoms with Gasteiger partial charge in [-0.2, -0.15) is 0 Å². The average molecular weight is 424 g/mol. The Labute approximate surface area is 187 Å². The summed E-state index contributed by atoms with van der Waals surface area (Å²) >= 11 is 0. The van der Waals surface area contributed by atoms with Gasteiger partial charge in [0.25, 0.3) is 0 Å². The van der Waals surface area contributed by atoms with Gasteiger partial charge in [0, 0.05) is 38.4 Å². The fourth-order valence-corrected chi connectivity index (χ4v) is 4.40. The van der Waals surface area contributed by atoms with Crippen LogP contribution in [0.2, 0.25) is 0 Å². The molecule has 1 N–H and O–H groups in total. The summed E-state index contributed by atoms with van der Waals surface area (Å²) in [4.78, 5) is 2.33. The highest BCUT2D eigenvalue weighted by molar-refractivity contribution is 5.45. The number of nitrogens with zero attached hydrogens (tertiary/aromatic N) is 1. The first-order valence-electron chi connectivity index (χ1n) is 11.5. The fourth-order valence-electron chi connectivity index (χ4n) is 4.40. The van der Waals surface area contributed by atoms with Crippen molar-refractivity contribution in [1.82, 2.24) is 4.90 Å². The number of fused-ring (bicyclic) bond motifs is 3. The zero-order valence-electron chi connectivity index (χ0n) is 19.3. The van der Waals surface area contributed by atoms with Crippen LogP contribution in [0.4, 0.5) is 0 Å². The summed E-state index contributed by atoms with van der Waals surface area (Å²) in [6.07, 6.45) is 7.92. The third-order valence-electron chi connectivity index (χ3n) is 6.32. The first kappa shape index (κ1) is 23.8. The van der Waals surface area contributed by atoms with E-state index in [9.17, 15) is 5.11 Å². The molecule has 4 heteroatoms. The van der Waals surface area contributed by atoms with Crippen molar-refractivity contribution in [3.63, 3.8) is 0 Å². The van der Waals surface area contributed by atoms with Crippen molar-refractivity contribution in [3.05, 3.63) is 59.2 Å². The Bertz CT molecular complexity index is 812. The molecule has 0 radical (unpaired) electrons. The molecular weight excluding hydrogens is 386 g/mol. The summed E-state index contributed by atoms with van der Waals surface area (Å²) in [5, 5.41) is 11.2. The van der Waals surface area contributed by atoms with E-state index in [1.54, 1.807) is 7.11 Å². The number of hydrogen-bond donors (Lipinski definition) is 1. The van der Waals surface area contributed by atoms with Crippen molar-refractivity contribution in [2.75, 3.05) is 40.0 Å². The molecule has 1 aromatic rings. The second-order valence-corrected chi connectivity index (χ2v) is 8.86. The molecule has 168 valence electrons. The molecular formula is C27H37NO3. The largest absolute Gasteiger partial charge is 0.385 e. The van der Waals surface area contributed by atoms with Crippen molar-refractivity contribution in [3.8, 4) is 11.8 Å². The van der Waals surface area contributed by atoms with Crippen LogP contribution in [0.25, 0.3) is 0 Å². The molecule has 0 aromatic heterocycles. The van der Waals surface area contributed by atoms with Crippen molar-refractivity contribution in [2.45, 2.75) is 51.2 Å². The van der Waals surface area contributed by atoms with Gasteiger partial charge in [0.05, 0.1) is 6.10 Å². The number of ether oxygens (including phenoxy) is 2. The van der Waals surface area contributed by atoms with Crippen LogP contribution in [0.1, 0.15) is 38.7 Å². The van der Waals surface area contributed by atoms with E-state index >= 15 is 0 Å². The van der Waals surface area contributed by atoms with Gasteiger partial charge in [0.1, 0.15) is 5.60 Å². The van der Waals surface area contributed by atoms with Crippen LogP contribution >= 0.6 is 0 Å². The highest BCUT2D eigenvalue weighted by Crippen LogP contribution is 2.35. The van der Waals surface area contributed by atoms with Crippen LogP contribution in [0, 0.1) is 17.8 Å². The third-order valence-corrected chi connectivity index (χ3v) is 6.32. The Morgan fingerprint density at radius 1 is 1.26 bits per heavy atom. The molecule has 2 bridgehead atoms. The van der Waals surface area contributed by atoms with Crippen LogP contribution in [-0.4, -0.2) is 61.7 Å². The minimum absolute atomic E-state index is 0.00178. The van der Waals surface area contributed by atoms with E-state index in [-0.39, 0.29) is 12.0 Å². The maximum atomic E-state index is 11.2. The number of allylic oxidation sites excluding steroid dienone is 3. The van der Waals surface area contributed by atoms with E-state index in [2.05, 4.69) is 60.1 Å². The van der Waals surface area contributed by atoms with Crippen LogP contribution in [0.3, 0.4) is 0 Å². The van der Waals surface area contributed by atoms with E-state index in [1.165, 1.54) is 11.1 Å². The lowest BCUT2D eigenvalue weighted by molar-refractivity contribution is -0.0713. The maximum Gasteiger partial charge on any atom is 0.141 e. The number of rotatable bonds is 9. The Morgan fingerprint density at radius 3 is 2.65 bits per heavy atom. The van der Waals surface area contributed by atoms with Crippen LogP contribution in [-0.2, 0) is 15.9 Å². The van der Waals surface area contributed by atoms with Crippen LogP contribution in [0.15, 0.2) is 53.6 Å². The second-order valence-electron chi connectivity index (χ2n) is 8.86. The molecule has 0 saturated carbocycles. The molecule has 0 spiro atoms. The molecule has 3 aliphatic rings. The molecule has 2 atom stereocenters. The first-order chi connectivity index (χ1) is 15.0. The van der Waals surface area contributed by atoms with E-state index < -0.39 is 5.60 Å². The normalized spacial score (nSPS) is 27.0. The van der Waals surface area contributed by atoms with Crippen molar-refractivity contribution in [2.24, 2.45) is 5.92 Å². The molecule has 4 rings (SSSR count). The fraction of sp³-hybridized carbons (Fsp3) is 0.556. The average Bonchev–Trinajstić information content (AvgIpc) is 2.78. The highest BCUT2D eigenvalue weighted by atomic mass is 16.5. The Kier molecular flexibility index (Phi) is 8.92. The summed E-state index contributed by atoms with van der Waals surface area (Å²) in [5.74, 6) is 6.92. The van der Waals surface area contributed by atoms with Crippen molar-refractivity contribution < 1.29 is 14.6 Å². The van der Waals surface area contributed by atoms with Gasteiger partial charge in [-0.15, -0.1) is 0 Å². The highest BCUT2D eigenvalue weighted by Gasteiger charge is 2.44. The van der Waals surface area contributed by atoms with E-state index in [4.69, 9.17) is 9.47 Å². The van der Waals surface area contributed by atoms with Gasteiger partial charge in [-0.1, -0.05) is 53.8 Å². The molecule has 4 nitrogen and oxygen atoms in total. The number of piperidine rings is 3. The lowest BCUT2D eigenvalue weighted by atomic mass is 9.75. The van der Waals surface area contributed by atoms with E-state index in [0.717, 1.165) is 44.3 Å². The van der Waals surface area contributed by atoms with Crippen LogP contribution < -0.4 is 0 Å². The standard InChI is InChI=1S/C27H37NO3/c1-22(20-24-8-5-4-6-9-24)25(11-10-23(2)31-19-7-18-30-3)12-15-27(29)21-28-16-13-26(27)14-17-28/h4-6,8-11,23,26,29H,7,13-14,16-21H2,1-3H3/b11-10-,25-22-/t23?,27-/m1/s1. The number of aliphatic hydroxyl groups is 1. The Hall–Kier alpha value is -1.90. The maximum absolute atomic E-state index is 11.2. The first-order valence-corrected chi connectivity index (χ1v) is 11.5. The van der Waals surface area contributed by atoms with Gasteiger partial charge in [-0.25, -0.2) is 0 Å². The number of hydrogen-bond acceptors (Lipinski definition) is 4. The SMILES string of the molecule is COCCCOC(C)/C=C\C(C#C[C@@]1(O)CN2CCC1CC2)=C(/C)Cc1ccccc1. The smallest absolute Gasteiger partial charge is 0.141 e. The lowest BCUT2D eigenvalue weighted by Crippen LogP contribution is -2.58. The Balaban J connectivity index is 1.76. The number of methoxy groups -OCH3 is 1. The zero-order chi connectivity index (χ0) is 22.1. The molecule has 0 aliphatic carbocycles. The van der Waals surface area contributed by atoms with Crippen LogP contribution in [0.5, 0.6) is 0 Å². The van der Waals surface area contributed by atoms with Crippen molar-refractivity contribution >= 4 is 0 Å². The quantitative estimate of drug-likeness (QED) is 0.370. The molecule has 3 heterocycles. The monoisotopic (exact) mass is 423 g/mol. The van der Waals surface area contributed by atoms with Gasteiger partial charge < -0.3 is 14.6 Å². The topological polar surface area (TPSA) is 41.9 Å². The number of benzene rings is 1. The summed E-state index contributed by atoms with van der Waals surface area (Å²) in [7, 11) is 1.71. The minimum Gasteiger partial charge on any atom is -0.385 e. The summed E-state index contributed by atoms with van der Waals surface area (Å²) in [6.45, 7) is 8.39. The third kappa shape index (κ3) is 7.05. The predicted octanol–water partition coefficient (Wildman–Crippen LogP) is 4.00. The van der Waals surface area contributed by atoms with Gasteiger partial charge in [-0.3, -0.25) is 4.90 Å². The molecule has 3 saturated heterocycles. The lowest BCUT2D eigenvalue weighted by Gasteiger charge is -2.47. The predicted molar refractivity (Wildman–Crippen MR) is 126 cm³/mol. The van der Waals surface area contributed by atoms with Crippen molar-refractivity contribution in [1.29, 1.82) is 0 Å². The molecule has 3 aliphatic heterocycles. The molecule has 1 unspecified atom stereocenters. The summed E-state index contributed by atoms with van der Waals surface area (Å²) < 4.78 is 10.9. The van der Waals surface area contributed by atoms with E-state index in [1.807, 2.05) is 13.0 Å². The minimum atomic E-state index is -0.898. The zero-order valence-corrected chi connectivity index (χ0v) is 19.3.